The first kappa shape index (κ1) is 9.70. The number of nitrogens with zero attached hydrogens (tertiary/aromatic N) is 1. The molecule has 1 aromatic carbocycles. The maximum atomic E-state index is 8.83. The van der Waals surface area contributed by atoms with Crippen molar-refractivity contribution in [2.24, 2.45) is 0 Å². The number of fused-ring (bicyclic) bond motifs is 1. The van der Waals surface area contributed by atoms with Crippen LogP contribution in [0, 0.1) is 18.3 Å². The second-order valence-corrected chi connectivity index (χ2v) is 4.89. The first-order chi connectivity index (χ1) is 6.74. The number of benzene rings is 1. The Hall–Kier alpha value is -0.850. The number of halogens is 1. The number of nitriles is 1. The molecule has 0 bridgehead atoms. The van der Waals surface area contributed by atoms with Crippen molar-refractivity contribution in [2.45, 2.75) is 12.3 Å². The predicted molar refractivity (Wildman–Crippen MR) is 63.9 cm³/mol. The lowest BCUT2D eigenvalue weighted by Gasteiger charge is -1.95. The third-order valence-electron chi connectivity index (χ3n) is 2.16. The molecule has 3 heteroatoms. The van der Waals surface area contributed by atoms with Gasteiger partial charge in [-0.25, -0.2) is 0 Å². The van der Waals surface area contributed by atoms with Gasteiger partial charge in [-0.05, 0) is 36.1 Å². The molecule has 0 N–H and O–H groups in total. The molecule has 0 aliphatic heterocycles. The largest absolute Gasteiger partial charge is 0.192 e. The standard InChI is InChI=1S/C11H8BrNS/c1-7-2-8(6-13)3-11-10(7)4-9(5-12)14-11/h2-4H,5H2,1H3. The summed E-state index contributed by atoms with van der Waals surface area (Å²) in [5.74, 6) is 0. The van der Waals surface area contributed by atoms with Crippen molar-refractivity contribution in [3.05, 3.63) is 34.2 Å². The Morgan fingerprint density at radius 3 is 2.86 bits per heavy atom. The van der Waals surface area contributed by atoms with Crippen molar-refractivity contribution in [1.82, 2.24) is 0 Å². The van der Waals surface area contributed by atoms with Crippen LogP contribution < -0.4 is 0 Å². The third kappa shape index (κ3) is 1.56. The van der Waals surface area contributed by atoms with Gasteiger partial charge in [0.25, 0.3) is 0 Å². The summed E-state index contributed by atoms with van der Waals surface area (Å²) in [4.78, 5) is 1.30. The molecule has 0 aliphatic rings. The average molecular weight is 266 g/mol. The van der Waals surface area contributed by atoms with Gasteiger partial charge in [0.15, 0.2) is 0 Å². The van der Waals surface area contributed by atoms with Crippen molar-refractivity contribution >= 4 is 37.4 Å². The minimum atomic E-state index is 0.748. The second-order valence-electron chi connectivity index (χ2n) is 3.16. The second kappa shape index (κ2) is 3.72. The van der Waals surface area contributed by atoms with Crippen molar-refractivity contribution in [3.63, 3.8) is 0 Å². The number of aryl methyl sites for hydroxylation is 1. The van der Waals surface area contributed by atoms with E-state index in [-0.39, 0.29) is 0 Å². The zero-order chi connectivity index (χ0) is 10.1. The number of thiophene rings is 1. The van der Waals surface area contributed by atoms with E-state index in [0.717, 1.165) is 10.9 Å². The van der Waals surface area contributed by atoms with Crippen LogP contribution in [-0.2, 0) is 5.33 Å². The van der Waals surface area contributed by atoms with Crippen LogP contribution in [0.4, 0.5) is 0 Å². The molecule has 0 radical (unpaired) electrons. The highest BCUT2D eigenvalue weighted by Crippen LogP contribution is 2.30. The van der Waals surface area contributed by atoms with E-state index in [1.165, 1.54) is 20.5 Å². The summed E-state index contributed by atoms with van der Waals surface area (Å²) < 4.78 is 1.20. The first-order valence-corrected chi connectivity index (χ1v) is 6.17. The number of rotatable bonds is 1. The number of hydrogen-bond acceptors (Lipinski definition) is 2. The van der Waals surface area contributed by atoms with Gasteiger partial charge < -0.3 is 0 Å². The van der Waals surface area contributed by atoms with E-state index >= 15 is 0 Å². The SMILES string of the molecule is Cc1cc(C#N)cc2sc(CBr)cc12. The Morgan fingerprint density at radius 2 is 2.21 bits per heavy atom. The van der Waals surface area contributed by atoms with Crippen LogP contribution >= 0.6 is 27.3 Å². The molecule has 14 heavy (non-hydrogen) atoms. The Balaban J connectivity index is 2.75. The van der Waals surface area contributed by atoms with E-state index < -0.39 is 0 Å². The first-order valence-electron chi connectivity index (χ1n) is 4.23. The molecule has 0 spiro atoms. The summed E-state index contributed by atoms with van der Waals surface area (Å²) in [6.07, 6.45) is 0. The maximum Gasteiger partial charge on any atom is 0.0992 e. The van der Waals surface area contributed by atoms with Crippen LogP contribution in [-0.4, -0.2) is 0 Å². The minimum absolute atomic E-state index is 0.748. The fraction of sp³-hybridized carbons (Fsp3) is 0.182. The van der Waals surface area contributed by atoms with Gasteiger partial charge in [-0.1, -0.05) is 15.9 Å². The molecule has 1 heterocycles. The topological polar surface area (TPSA) is 23.8 Å². The Bertz CT molecular complexity index is 522. The van der Waals surface area contributed by atoms with E-state index in [4.69, 9.17) is 5.26 Å². The molecule has 2 aromatic rings. The highest BCUT2D eigenvalue weighted by atomic mass is 79.9. The smallest absolute Gasteiger partial charge is 0.0992 e. The van der Waals surface area contributed by atoms with Gasteiger partial charge in [0.2, 0.25) is 0 Å². The molecular weight excluding hydrogens is 258 g/mol. The van der Waals surface area contributed by atoms with E-state index in [9.17, 15) is 0 Å². The van der Waals surface area contributed by atoms with Gasteiger partial charge >= 0.3 is 0 Å². The summed E-state index contributed by atoms with van der Waals surface area (Å²) in [5.41, 5.74) is 1.93. The molecule has 0 unspecified atom stereocenters. The summed E-state index contributed by atoms with van der Waals surface area (Å²) in [6.45, 7) is 2.05. The Morgan fingerprint density at radius 1 is 1.43 bits per heavy atom. The van der Waals surface area contributed by atoms with Crippen LogP contribution in [0.1, 0.15) is 16.0 Å². The van der Waals surface area contributed by atoms with Crippen LogP contribution in [0.3, 0.4) is 0 Å². The molecule has 0 aliphatic carbocycles. The number of hydrogen-bond donors (Lipinski definition) is 0. The molecule has 1 aromatic heterocycles. The lowest BCUT2D eigenvalue weighted by molar-refractivity contribution is 1.46. The fourth-order valence-electron chi connectivity index (χ4n) is 1.50. The van der Waals surface area contributed by atoms with E-state index in [1.54, 1.807) is 11.3 Å². The summed E-state index contributed by atoms with van der Waals surface area (Å²) in [5, 5.41) is 11.0. The average Bonchev–Trinajstić information content (AvgIpc) is 2.61. The van der Waals surface area contributed by atoms with Crippen LogP contribution in [0.25, 0.3) is 10.1 Å². The molecule has 0 fully saturated rings. The van der Waals surface area contributed by atoms with Crippen LogP contribution in [0.5, 0.6) is 0 Å². The zero-order valence-electron chi connectivity index (χ0n) is 7.67. The molecule has 0 saturated heterocycles. The normalized spacial score (nSPS) is 10.4. The lowest BCUT2D eigenvalue weighted by atomic mass is 10.1. The van der Waals surface area contributed by atoms with E-state index in [2.05, 4.69) is 28.1 Å². The number of alkyl halides is 1. The van der Waals surface area contributed by atoms with Gasteiger partial charge in [0, 0.05) is 14.9 Å². The molecule has 0 amide bonds. The molecule has 70 valence electrons. The van der Waals surface area contributed by atoms with Crippen molar-refractivity contribution < 1.29 is 0 Å². The quantitative estimate of drug-likeness (QED) is 0.716. The molecule has 0 saturated carbocycles. The van der Waals surface area contributed by atoms with Gasteiger partial charge in [0.05, 0.1) is 11.6 Å². The van der Waals surface area contributed by atoms with E-state index in [1.807, 2.05) is 19.1 Å². The highest BCUT2D eigenvalue weighted by molar-refractivity contribution is 9.08. The summed E-state index contributed by atoms with van der Waals surface area (Å²) in [7, 11) is 0. The lowest BCUT2D eigenvalue weighted by Crippen LogP contribution is -1.77. The summed E-state index contributed by atoms with van der Waals surface area (Å²) in [6, 6.07) is 8.26. The van der Waals surface area contributed by atoms with Crippen molar-refractivity contribution in [2.75, 3.05) is 0 Å². The van der Waals surface area contributed by atoms with Gasteiger partial charge in [-0.15, -0.1) is 11.3 Å². The van der Waals surface area contributed by atoms with Gasteiger partial charge in [-0.2, -0.15) is 5.26 Å². The molecule has 2 rings (SSSR count). The van der Waals surface area contributed by atoms with Crippen LogP contribution in [0.2, 0.25) is 0 Å². The third-order valence-corrected chi connectivity index (χ3v) is 4.21. The van der Waals surface area contributed by atoms with E-state index in [0.29, 0.717) is 0 Å². The van der Waals surface area contributed by atoms with Gasteiger partial charge in [-0.3, -0.25) is 0 Å². The van der Waals surface area contributed by atoms with Crippen LogP contribution in [0.15, 0.2) is 18.2 Å². The maximum absolute atomic E-state index is 8.83. The molecule has 0 atom stereocenters. The Labute approximate surface area is 95.1 Å². The fourth-order valence-corrected chi connectivity index (χ4v) is 3.03. The summed E-state index contributed by atoms with van der Waals surface area (Å²) >= 11 is 5.18. The molecular formula is C11H8BrNS. The van der Waals surface area contributed by atoms with Gasteiger partial charge in [0.1, 0.15) is 0 Å². The highest BCUT2D eigenvalue weighted by Gasteiger charge is 2.05. The minimum Gasteiger partial charge on any atom is -0.192 e. The Kier molecular flexibility index (Phi) is 2.58. The van der Waals surface area contributed by atoms with Crippen molar-refractivity contribution in [1.29, 1.82) is 5.26 Å². The monoisotopic (exact) mass is 265 g/mol. The van der Waals surface area contributed by atoms with Crippen molar-refractivity contribution in [3.8, 4) is 6.07 Å². The predicted octanol–water partition coefficient (Wildman–Crippen LogP) is 3.98. The zero-order valence-corrected chi connectivity index (χ0v) is 10.1. The molecule has 1 nitrogen and oxygen atoms in total.